The maximum absolute atomic E-state index is 5.97. The number of hydrogen-bond donors (Lipinski definition) is 5. The Kier molecular flexibility index (Phi) is 4.53. The fourth-order valence-electron chi connectivity index (χ4n) is 4.94. The number of nitrogens with two attached hydrogens (primary N) is 1. The van der Waals surface area contributed by atoms with Gasteiger partial charge in [0.2, 0.25) is 0 Å². The summed E-state index contributed by atoms with van der Waals surface area (Å²) in [5.74, 6) is 1.39. The normalized spacial score (nSPS) is 25.7. The van der Waals surface area contributed by atoms with Gasteiger partial charge in [-0.05, 0) is 43.2 Å². The van der Waals surface area contributed by atoms with Crippen molar-refractivity contribution in [1.82, 2.24) is 31.1 Å². The molecule has 1 aromatic carbocycles. The standard InChI is InChI=1S/C23H25N7S/c1-12-5-6-20(31-12)15-3-2-4-17-21(15)28-23(27-17)22-16-8-18(26-11-19(16)29-30-22)13-7-14(24)10-25-9-13/h2-7,9-10,16,18-19,22,26,29-30H,8,11,24H2,1H3,(H,27,28). The van der Waals surface area contributed by atoms with Crippen LogP contribution >= 0.6 is 11.3 Å². The number of rotatable bonds is 3. The lowest BCUT2D eigenvalue weighted by Gasteiger charge is -2.34. The van der Waals surface area contributed by atoms with E-state index in [1.165, 1.54) is 15.3 Å². The third-order valence-electron chi connectivity index (χ3n) is 6.48. The minimum Gasteiger partial charge on any atom is -0.397 e. The molecule has 2 fully saturated rings. The van der Waals surface area contributed by atoms with Gasteiger partial charge < -0.3 is 16.0 Å². The first-order valence-electron chi connectivity index (χ1n) is 10.7. The van der Waals surface area contributed by atoms with Gasteiger partial charge in [-0.3, -0.25) is 10.4 Å². The van der Waals surface area contributed by atoms with Crippen molar-refractivity contribution in [2.45, 2.75) is 31.5 Å². The second kappa shape index (κ2) is 7.42. The molecule has 6 rings (SSSR count). The Labute approximate surface area is 184 Å². The van der Waals surface area contributed by atoms with E-state index < -0.39 is 0 Å². The molecule has 6 N–H and O–H groups in total. The number of benzene rings is 1. The quantitative estimate of drug-likeness (QED) is 0.340. The van der Waals surface area contributed by atoms with Crippen LogP contribution in [0.4, 0.5) is 5.69 Å². The molecular weight excluding hydrogens is 406 g/mol. The van der Waals surface area contributed by atoms with E-state index in [0.29, 0.717) is 17.6 Å². The van der Waals surface area contributed by atoms with E-state index in [-0.39, 0.29) is 12.1 Å². The zero-order chi connectivity index (χ0) is 20.9. The lowest BCUT2D eigenvalue weighted by Crippen LogP contribution is -2.46. The first kappa shape index (κ1) is 18.9. The summed E-state index contributed by atoms with van der Waals surface area (Å²) in [5.41, 5.74) is 18.1. The number of thiophene rings is 1. The van der Waals surface area contributed by atoms with Gasteiger partial charge in [0.05, 0.1) is 22.8 Å². The van der Waals surface area contributed by atoms with Gasteiger partial charge in [0.15, 0.2) is 0 Å². The summed E-state index contributed by atoms with van der Waals surface area (Å²) in [6.07, 6.45) is 4.59. The Hall–Kier alpha value is -2.78. The van der Waals surface area contributed by atoms with E-state index >= 15 is 0 Å². The number of anilines is 1. The fourth-order valence-corrected chi connectivity index (χ4v) is 5.83. The summed E-state index contributed by atoms with van der Waals surface area (Å²) in [6, 6.07) is 13.4. The largest absolute Gasteiger partial charge is 0.397 e. The third-order valence-corrected chi connectivity index (χ3v) is 7.51. The van der Waals surface area contributed by atoms with E-state index in [1.54, 1.807) is 6.20 Å². The molecule has 7 nitrogen and oxygen atoms in total. The summed E-state index contributed by atoms with van der Waals surface area (Å²) in [4.78, 5) is 15.5. The smallest absolute Gasteiger partial charge is 0.126 e. The van der Waals surface area contributed by atoms with Crippen molar-refractivity contribution >= 4 is 28.1 Å². The van der Waals surface area contributed by atoms with E-state index in [1.807, 2.05) is 23.6 Å². The minimum absolute atomic E-state index is 0.119. The van der Waals surface area contributed by atoms with Gasteiger partial charge in [-0.15, -0.1) is 11.3 Å². The van der Waals surface area contributed by atoms with Crippen molar-refractivity contribution in [2.75, 3.05) is 12.3 Å². The predicted octanol–water partition coefficient (Wildman–Crippen LogP) is 3.45. The molecule has 8 heteroatoms. The molecule has 2 saturated heterocycles. The van der Waals surface area contributed by atoms with E-state index in [0.717, 1.165) is 35.4 Å². The topological polar surface area (TPSA) is 104 Å². The molecule has 0 spiro atoms. The Bertz CT molecular complexity index is 1250. The van der Waals surface area contributed by atoms with Gasteiger partial charge in [-0.2, -0.15) is 0 Å². The number of hydrogen-bond acceptors (Lipinski definition) is 7. The summed E-state index contributed by atoms with van der Waals surface area (Å²) < 4.78 is 0. The first-order valence-corrected chi connectivity index (χ1v) is 11.5. The maximum Gasteiger partial charge on any atom is 0.126 e. The van der Waals surface area contributed by atoms with Crippen molar-refractivity contribution in [3.05, 3.63) is 65.1 Å². The molecule has 0 amide bonds. The van der Waals surface area contributed by atoms with E-state index in [9.17, 15) is 0 Å². The second-order valence-corrected chi connectivity index (χ2v) is 9.81. The number of nitrogen functional groups attached to an aromatic ring is 1. The van der Waals surface area contributed by atoms with Gasteiger partial charge in [-0.25, -0.2) is 10.4 Å². The fraction of sp³-hybridized carbons (Fsp3) is 0.304. The molecule has 4 aromatic rings. The average molecular weight is 432 g/mol. The van der Waals surface area contributed by atoms with E-state index in [2.05, 4.69) is 63.4 Å². The molecule has 2 aliphatic rings. The first-order chi connectivity index (χ1) is 15.2. The highest BCUT2D eigenvalue weighted by Gasteiger charge is 2.42. The number of H-pyrrole nitrogens is 1. The van der Waals surface area contributed by atoms with Crippen molar-refractivity contribution < 1.29 is 0 Å². The van der Waals surface area contributed by atoms with Crippen LogP contribution in [-0.4, -0.2) is 27.5 Å². The number of nitrogens with one attached hydrogen (secondary N) is 4. The SMILES string of the molecule is Cc1ccc(-c2cccc3[nH]c(C4NNC5CNC(c6cncc(N)c6)CC54)nc23)s1. The van der Waals surface area contributed by atoms with Gasteiger partial charge in [0.1, 0.15) is 5.82 Å². The molecule has 4 atom stereocenters. The van der Waals surface area contributed by atoms with Crippen molar-refractivity contribution in [3.8, 4) is 10.4 Å². The van der Waals surface area contributed by atoms with Crippen molar-refractivity contribution in [3.63, 3.8) is 0 Å². The Morgan fingerprint density at radius 2 is 2.06 bits per heavy atom. The highest BCUT2D eigenvalue weighted by molar-refractivity contribution is 7.15. The van der Waals surface area contributed by atoms with E-state index in [4.69, 9.17) is 10.7 Å². The maximum atomic E-state index is 5.97. The molecule has 0 radical (unpaired) electrons. The van der Waals surface area contributed by atoms with Crippen LogP contribution in [0.2, 0.25) is 0 Å². The number of aromatic nitrogens is 3. The number of hydrazine groups is 1. The number of nitrogens with zero attached hydrogens (tertiary/aromatic N) is 2. The van der Waals surface area contributed by atoms with Gasteiger partial charge in [-0.1, -0.05) is 12.1 Å². The number of aryl methyl sites for hydroxylation is 1. The molecule has 158 valence electrons. The van der Waals surface area contributed by atoms with Crippen LogP contribution in [0.1, 0.15) is 34.8 Å². The van der Waals surface area contributed by atoms with Crippen molar-refractivity contribution in [2.24, 2.45) is 5.92 Å². The average Bonchev–Trinajstić information content (AvgIpc) is 3.50. The number of piperidine rings is 1. The highest BCUT2D eigenvalue weighted by atomic mass is 32.1. The number of fused-ring (bicyclic) bond motifs is 2. The Balaban J connectivity index is 1.33. The lowest BCUT2D eigenvalue weighted by atomic mass is 9.82. The molecule has 2 aliphatic heterocycles. The minimum atomic E-state index is 0.119. The lowest BCUT2D eigenvalue weighted by molar-refractivity contribution is 0.264. The van der Waals surface area contributed by atoms with Crippen LogP contribution in [0, 0.1) is 12.8 Å². The van der Waals surface area contributed by atoms with Crippen molar-refractivity contribution in [1.29, 1.82) is 0 Å². The van der Waals surface area contributed by atoms with Crippen LogP contribution in [0.25, 0.3) is 21.5 Å². The summed E-state index contributed by atoms with van der Waals surface area (Å²) in [5, 5.41) is 3.64. The Morgan fingerprint density at radius 3 is 2.90 bits per heavy atom. The zero-order valence-corrected chi connectivity index (χ0v) is 18.0. The predicted molar refractivity (Wildman–Crippen MR) is 124 cm³/mol. The zero-order valence-electron chi connectivity index (χ0n) is 17.2. The van der Waals surface area contributed by atoms with Crippen LogP contribution in [-0.2, 0) is 0 Å². The molecule has 0 bridgehead atoms. The number of pyridine rings is 1. The molecule has 5 heterocycles. The molecule has 0 aliphatic carbocycles. The number of imidazole rings is 1. The molecular formula is C23H25N7S. The number of aromatic amines is 1. The summed E-state index contributed by atoms with van der Waals surface area (Å²) in [7, 11) is 0. The van der Waals surface area contributed by atoms with Gasteiger partial charge >= 0.3 is 0 Å². The Morgan fingerprint density at radius 1 is 1.13 bits per heavy atom. The molecule has 3 aromatic heterocycles. The summed E-state index contributed by atoms with van der Waals surface area (Å²) >= 11 is 1.81. The molecule has 0 saturated carbocycles. The van der Waals surface area contributed by atoms with Crippen LogP contribution in [0.3, 0.4) is 0 Å². The van der Waals surface area contributed by atoms with Gasteiger partial charge in [0.25, 0.3) is 0 Å². The monoisotopic (exact) mass is 431 g/mol. The van der Waals surface area contributed by atoms with Gasteiger partial charge in [0, 0.05) is 52.3 Å². The highest BCUT2D eigenvalue weighted by Crippen LogP contribution is 2.39. The molecule has 4 unspecified atom stereocenters. The van der Waals surface area contributed by atoms with Crippen LogP contribution in [0.15, 0.2) is 48.8 Å². The summed E-state index contributed by atoms with van der Waals surface area (Å²) in [6.45, 7) is 3.02. The third kappa shape index (κ3) is 3.32. The van der Waals surface area contributed by atoms with Crippen LogP contribution < -0.4 is 21.9 Å². The number of para-hydroxylation sites is 1. The second-order valence-electron chi connectivity index (χ2n) is 8.52. The van der Waals surface area contributed by atoms with Crippen LogP contribution in [0.5, 0.6) is 0 Å². The molecule has 31 heavy (non-hydrogen) atoms.